The summed E-state index contributed by atoms with van der Waals surface area (Å²) in [6, 6.07) is 19.5. The van der Waals surface area contributed by atoms with Crippen LogP contribution in [-0.4, -0.2) is 84.1 Å². The lowest BCUT2D eigenvalue weighted by molar-refractivity contribution is -0.153. The van der Waals surface area contributed by atoms with Crippen LogP contribution in [0.2, 0.25) is 0 Å². The van der Waals surface area contributed by atoms with E-state index < -0.39 is 17.9 Å². The third kappa shape index (κ3) is 7.99. The predicted molar refractivity (Wildman–Crippen MR) is 198 cm³/mol. The molecule has 0 spiro atoms. The van der Waals surface area contributed by atoms with Gasteiger partial charge in [0.2, 0.25) is 5.91 Å². The van der Waals surface area contributed by atoms with Gasteiger partial charge in [0, 0.05) is 62.8 Å². The maximum atomic E-state index is 13.5. The van der Waals surface area contributed by atoms with Crippen molar-refractivity contribution in [1.29, 1.82) is 0 Å². The number of piperidine rings is 1. The molecule has 50 heavy (non-hydrogen) atoms. The van der Waals surface area contributed by atoms with Gasteiger partial charge < -0.3 is 25.1 Å². The first-order valence-electron chi connectivity index (χ1n) is 17.2. The molecule has 1 atom stereocenters. The third-order valence-corrected chi connectivity index (χ3v) is 11.3. The number of benzene rings is 2. The number of carbonyl (C=O) groups excluding carboxylic acids is 2. The number of carboxylic acids is 1. The van der Waals surface area contributed by atoms with Gasteiger partial charge >= 0.3 is 5.97 Å². The van der Waals surface area contributed by atoms with Crippen molar-refractivity contribution < 1.29 is 19.5 Å². The Morgan fingerprint density at radius 3 is 2.14 bits per heavy atom. The Balaban J connectivity index is 1.08. The van der Waals surface area contributed by atoms with Gasteiger partial charge in [0.05, 0.1) is 28.9 Å². The maximum Gasteiger partial charge on any atom is 0.310 e. The SMILES string of the molecule is CN(C)c1ccc(C2CCN(c3cnc(-c4ccc(CC(NC(=O)c5ccc(C(C)(C)C)s5)C(=O)N5CC(C(=O)O)C5)cc4)nc3)CC2)cc1. The Hall–Kier alpha value is -4.77. The Bertz CT molecular complexity index is 1800. The topological polar surface area (TPSA) is 119 Å². The summed E-state index contributed by atoms with van der Waals surface area (Å²) < 4.78 is 0. The first kappa shape index (κ1) is 35.1. The second-order valence-corrected chi connectivity index (χ2v) is 15.7. The largest absolute Gasteiger partial charge is 0.481 e. The average molecular weight is 695 g/mol. The molecule has 2 aromatic heterocycles. The van der Waals surface area contributed by atoms with Crippen molar-refractivity contribution in [2.75, 3.05) is 50.1 Å². The number of nitrogens with zero attached hydrogens (tertiary/aromatic N) is 5. The van der Waals surface area contributed by atoms with Gasteiger partial charge in [0.1, 0.15) is 6.04 Å². The van der Waals surface area contributed by atoms with Crippen molar-refractivity contribution in [2.24, 2.45) is 5.92 Å². The highest BCUT2D eigenvalue weighted by molar-refractivity contribution is 7.14. The molecule has 0 aliphatic carbocycles. The van der Waals surface area contributed by atoms with E-state index in [1.807, 2.05) is 42.7 Å². The Morgan fingerprint density at radius 1 is 0.940 bits per heavy atom. The van der Waals surface area contributed by atoms with Gasteiger partial charge in [0.25, 0.3) is 5.91 Å². The summed E-state index contributed by atoms with van der Waals surface area (Å²) in [4.78, 5) is 55.1. The lowest BCUT2D eigenvalue weighted by atomic mass is 9.89. The third-order valence-electron chi connectivity index (χ3n) is 9.75. The molecule has 2 aliphatic rings. The minimum atomic E-state index is -0.916. The van der Waals surface area contributed by atoms with Crippen molar-refractivity contribution in [2.45, 2.75) is 57.4 Å². The monoisotopic (exact) mass is 694 g/mol. The molecule has 2 N–H and O–H groups in total. The zero-order valence-electron chi connectivity index (χ0n) is 29.4. The summed E-state index contributed by atoms with van der Waals surface area (Å²) in [5.74, 6) is -0.922. The molecule has 0 radical (unpaired) electrons. The molecule has 4 heterocycles. The van der Waals surface area contributed by atoms with E-state index in [1.165, 1.54) is 27.5 Å². The average Bonchev–Trinajstić information content (AvgIpc) is 3.60. The minimum absolute atomic E-state index is 0.0927. The quantitative estimate of drug-likeness (QED) is 0.213. The van der Waals surface area contributed by atoms with Crippen molar-refractivity contribution in [3.05, 3.63) is 93.9 Å². The second-order valence-electron chi connectivity index (χ2n) is 14.6. The van der Waals surface area contributed by atoms with Gasteiger partial charge in [-0.1, -0.05) is 57.2 Å². The zero-order chi connectivity index (χ0) is 35.6. The van der Waals surface area contributed by atoms with Gasteiger partial charge in [-0.2, -0.15) is 0 Å². The number of aromatic nitrogens is 2. The normalized spacial score (nSPS) is 16.1. The molecule has 262 valence electrons. The smallest absolute Gasteiger partial charge is 0.310 e. The van der Waals surface area contributed by atoms with Crippen LogP contribution in [0.5, 0.6) is 0 Å². The molecular formula is C39H46N6O4S. The van der Waals surface area contributed by atoms with Crippen LogP contribution in [0.15, 0.2) is 73.1 Å². The number of aliphatic carboxylic acids is 1. The van der Waals surface area contributed by atoms with E-state index >= 15 is 0 Å². The summed E-state index contributed by atoms with van der Waals surface area (Å²) in [6.45, 7) is 8.46. The fraction of sp³-hybridized carbons (Fsp3) is 0.410. The molecule has 11 heteroatoms. The summed E-state index contributed by atoms with van der Waals surface area (Å²) in [5.41, 5.74) is 5.25. The van der Waals surface area contributed by atoms with Crippen LogP contribution < -0.4 is 15.1 Å². The molecule has 10 nitrogen and oxygen atoms in total. The van der Waals surface area contributed by atoms with Crippen LogP contribution in [0.3, 0.4) is 0 Å². The number of likely N-dealkylation sites (tertiary alicyclic amines) is 1. The maximum absolute atomic E-state index is 13.5. The lowest BCUT2D eigenvalue weighted by Gasteiger charge is -2.38. The molecule has 6 rings (SSSR count). The van der Waals surface area contributed by atoms with Crippen molar-refractivity contribution in [1.82, 2.24) is 20.2 Å². The second kappa shape index (κ2) is 14.6. The molecule has 2 aromatic carbocycles. The molecule has 2 fully saturated rings. The van der Waals surface area contributed by atoms with Crippen LogP contribution in [0, 0.1) is 5.92 Å². The molecule has 4 aromatic rings. The Morgan fingerprint density at radius 2 is 1.58 bits per heavy atom. The van der Waals surface area contributed by atoms with E-state index in [0.29, 0.717) is 16.6 Å². The van der Waals surface area contributed by atoms with Gasteiger partial charge in [-0.15, -0.1) is 11.3 Å². The van der Waals surface area contributed by atoms with E-state index in [2.05, 4.69) is 84.2 Å². The van der Waals surface area contributed by atoms with E-state index in [0.717, 1.165) is 47.6 Å². The van der Waals surface area contributed by atoms with Crippen LogP contribution in [0.25, 0.3) is 11.4 Å². The first-order chi connectivity index (χ1) is 23.9. The number of hydrogen-bond acceptors (Lipinski definition) is 8. The first-order valence-corrected chi connectivity index (χ1v) is 18.0. The lowest BCUT2D eigenvalue weighted by Crippen LogP contribution is -2.59. The molecule has 0 bridgehead atoms. The van der Waals surface area contributed by atoms with Crippen LogP contribution in [-0.2, 0) is 21.4 Å². The van der Waals surface area contributed by atoms with Crippen LogP contribution >= 0.6 is 11.3 Å². The number of rotatable bonds is 10. The standard InChI is InChI=1S/C39H46N6O4S/c1-39(2,3)34-15-14-33(50-34)36(46)42-32(37(47)45-23-29(24-45)38(48)49)20-25-6-8-28(9-7-25)35-40-21-31(22-41-35)44-18-16-27(17-19-44)26-10-12-30(13-11-26)43(4)5/h6-15,21-22,27,29,32H,16-20,23-24H2,1-5H3,(H,42,46)(H,48,49). The van der Waals surface area contributed by atoms with E-state index in [1.54, 1.807) is 6.07 Å². The van der Waals surface area contributed by atoms with Gasteiger partial charge in [0.15, 0.2) is 5.82 Å². The molecule has 2 aliphatic heterocycles. The van der Waals surface area contributed by atoms with Gasteiger partial charge in [-0.3, -0.25) is 14.4 Å². The van der Waals surface area contributed by atoms with E-state index in [4.69, 9.17) is 0 Å². The highest BCUT2D eigenvalue weighted by atomic mass is 32.1. The Labute approximate surface area is 298 Å². The molecule has 2 amide bonds. The molecular weight excluding hydrogens is 649 g/mol. The number of nitrogens with one attached hydrogen (secondary N) is 1. The van der Waals surface area contributed by atoms with Crippen molar-refractivity contribution in [3.63, 3.8) is 0 Å². The number of amides is 2. The molecule has 2 saturated heterocycles. The predicted octanol–water partition coefficient (Wildman–Crippen LogP) is 5.84. The summed E-state index contributed by atoms with van der Waals surface area (Å²) in [6.07, 6.45) is 6.21. The number of hydrogen-bond donors (Lipinski definition) is 2. The van der Waals surface area contributed by atoms with Crippen molar-refractivity contribution >= 4 is 40.5 Å². The fourth-order valence-electron chi connectivity index (χ4n) is 6.50. The summed E-state index contributed by atoms with van der Waals surface area (Å²) >= 11 is 1.42. The van der Waals surface area contributed by atoms with Gasteiger partial charge in [-0.25, -0.2) is 9.97 Å². The number of anilines is 2. The summed E-state index contributed by atoms with van der Waals surface area (Å²) in [5, 5.41) is 12.3. The number of carbonyl (C=O) groups is 3. The van der Waals surface area contributed by atoms with Crippen LogP contribution in [0.4, 0.5) is 11.4 Å². The highest BCUT2D eigenvalue weighted by Crippen LogP contribution is 2.32. The molecule has 1 unspecified atom stereocenters. The minimum Gasteiger partial charge on any atom is -0.481 e. The van der Waals surface area contributed by atoms with Crippen LogP contribution in [0.1, 0.15) is 65.2 Å². The van der Waals surface area contributed by atoms with E-state index in [9.17, 15) is 19.5 Å². The van der Waals surface area contributed by atoms with Crippen molar-refractivity contribution in [3.8, 4) is 11.4 Å². The summed E-state index contributed by atoms with van der Waals surface area (Å²) in [7, 11) is 4.12. The fourth-order valence-corrected chi connectivity index (χ4v) is 7.47. The zero-order valence-corrected chi connectivity index (χ0v) is 30.2. The Kier molecular flexibility index (Phi) is 10.2. The number of carboxylic acid groups (broad SMARTS) is 1. The molecule has 0 saturated carbocycles. The highest BCUT2D eigenvalue weighted by Gasteiger charge is 2.39. The van der Waals surface area contributed by atoms with E-state index in [-0.39, 0.29) is 36.7 Å². The number of thiophene rings is 1. The van der Waals surface area contributed by atoms with Gasteiger partial charge in [-0.05, 0) is 59.6 Å².